The summed E-state index contributed by atoms with van der Waals surface area (Å²) in [7, 11) is 1.83. The monoisotopic (exact) mass is 313 g/mol. The fourth-order valence-electron chi connectivity index (χ4n) is 3.00. The van der Waals surface area contributed by atoms with Gasteiger partial charge in [-0.15, -0.1) is 0 Å². The van der Waals surface area contributed by atoms with Crippen molar-refractivity contribution in [3.05, 3.63) is 48.3 Å². The maximum absolute atomic E-state index is 12.4. The van der Waals surface area contributed by atoms with Gasteiger partial charge in [-0.1, -0.05) is 30.3 Å². The molecular formula is C17H23N5O. The Labute approximate surface area is 136 Å². The highest BCUT2D eigenvalue weighted by molar-refractivity contribution is 5.89. The first-order valence-electron chi connectivity index (χ1n) is 7.94. The third-order valence-electron chi connectivity index (χ3n) is 4.18. The minimum Gasteiger partial charge on any atom is -0.319 e. The summed E-state index contributed by atoms with van der Waals surface area (Å²) < 4.78 is 1.68. The van der Waals surface area contributed by atoms with Crippen molar-refractivity contribution in [3.63, 3.8) is 0 Å². The largest absolute Gasteiger partial charge is 0.322 e. The Morgan fingerprint density at radius 2 is 2.09 bits per heavy atom. The molecule has 3 rings (SSSR count). The highest BCUT2D eigenvalue weighted by Crippen LogP contribution is 2.15. The molecule has 0 aliphatic carbocycles. The first kappa shape index (κ1) is 15.6. The Morgan fingerprint density at radius 3 is 2.74 bits per heavy atom. The molecule has 1 atom stereocenters. The van der Waals surface area contributed by atoms with Crippen LogP contribution in [0.3, 0.4) is 0 Å². The molecule has 1 aromatic carbocycles. The van der Waals surface area contributed by atoms with Crippen LogP contribution in [-0.2, 0) is 13.6 Å². The molecule has 0 spiro atoms. The lowest BCUT2D eigenvalue weighted by molar-refractivity contribution is 0.104. The summed E-state index contributed by atoms with van der Waals surface area (Å²) in [4.78, 5) is 16.7. The highest BCUT2D eigenvalue weighted by Gasteiger charge is 2.27. The van der Waals surface area contributed by atoms with Crippen molar-refractivity contribution in [3.8, 4) is 0 Å². The average Bonchev–Trinajstić information content (AvgIpc) is 2.93. The lowest BCUT2D eigenvalue weighted by atomic mass is 10.1. The molecule has 2 heterocycles. The Morgan fingerprint density at radius 1 is 1.30 bits per heavy atom. The number of anilines is 1. The smallest absolute Gasteiger partial charge is 0.319 e. The predicted octanol–water partition coefficient (Wildman–Crippen LogP) is 2.16. The summed E-state index contributed by atoms with van der Waals surface area (Å²) in [6, 6.07) is 10.6. The van der Waals surface area contributed by atoms with E-state index in [2.05, 4.69) is 46.5 Å². The summed E-state index contributed by atoms with van der Waals surface area (Å²) in [5.41, 5.74) is 2.05. The van der Waals surface area contributed by atoms with E-state index in [1.54, 1.807) is 17.1 Å². The molecule has 1 aliphatic heterocycles. The van der Waals surface area contributed by atoms with E-state index in [4.69, 9.17) is 0 Å². The minimum atomic E-state index is -0.0511. The van der Waals surface area contributed by atoms with Gasteiger partial charge in [-0.3, -0.25) is 9.58 Å². The Hall–Kier alpha value is -2.34. The number of urea groups is 1. The molecule has 1 fully saturated rings. The van der Waals surface area contributed by atoms with Crippen molar-refractivity contribution < 1.29 is 4.79 Å². The van der Waals surface area contributed by atoms with Crippen LogP contribution < -0.4 is 5.32 Å². The average molecular weight is 313 g/mol. The lowest BCUT2D eigenvalue weighted by Gasteiger charge is -2.39. The summed E-state index contributed by atoms with van der Waals surface area (Å²) in [5, 5.41) is 6.98. The van der Waals surface area contributed by atoms with Crippen LogP contribution >= 0.6 is 0 Å². The van der Waals surface area contributed by atoms with E-state index in [-0.39, 0.29) is 12.1 Å². The summed E-state index contributed by atoms with van der Waals surface area (Å²) in [5.74, 6) is 0. The van der Waals surface area contributed by atoms with Gasteiger partial charge < -0.3 is 10.2 Å². The van der Waals surface area contributed by atoms with Crippen LogP contribution in [-0.4, -0.2) is 51.3 Å². The van der Waals surface area contributed by atoms with E-state index in [0.29, 0.717) is 0 Å². The number of nitrogens with zero attached hydrogens (tertiary/aromatic N) is 4. The summed E-state index contributed by atoms with van der Waals surface area (Å²) in [6.45, 7) is 5.54. The molecule has 1 N–H and O–H groups in total. The number of benzene rings is 1. The number of aromatic nitrogens is 2. The quantitative estimate of drug-likeness (QED) is 0.945. The third kappa shape index (κ3) is 3.90. The summed E-state index contributed by atoms with van der Waals surface area (Å²) >= 11 is 0. The van der Waals surface area contributed by atoms with Gasteiger partial charge in [-0.25, -0.2) is 4.79 Å². The molecule has 0 saturated carbocycles. The Kier molecular flexibility index (Phi) is 4.62. The van der Waals surface area contributed by atoms with Crippen LogP contribution in [0.5, 0.6) is 0 Å². The molecule has 0 radical (unpaired) electrons. The zero-order chi connectivity index (χ0) is 16.2. The van der Waals surface area contributed by atoms with Crippen LogP contribution in [0.15, 0.2) is 42.7 Å². The van der Waals surface area contributed by atoms with Crippen molar-refractivity contribution in [2.24, 2.45) is 7.05 Å². The predicted molar refractivity (Wildman–Crippen MR) is 90.1 cm³/mol. The second-order valence-electron chi connectivity index (χ2n) is 6.10. The summed E-state index contributed by atoms with van der Waals surface area (Å²) in [6.07, 6.45) is 3.46. The van der Waals surface area contributed by atoms with E-state index < -0.39 is 0 Å². The first-order valence-corrected chi connectivity index (χ1v) is 7.94. The number of amides is 2. The maximum atomic E-state index is 12.4. The molecule has 2 aromatic rings. The van der Waals surface area contributed by atoms with Crippen molar-refractivity contribution >= 4 is 11.7 Å². The van der Waals surface area contributed by atoms with E-state index in [1.807, 2.05) is 18.0 Å². The van der Waals surface area contributed by atoms with Crippen LogP contribution in [0.1, 0.15) is 12.5 Å². The van der Waals surface area contributed by atoms with E-state index >= 15 is 0 Å². The number of hydrogen-bond donors (Lipinski definition) is 1. The number of rotatable bonds is 3. The molecule has 6 heteroatoms. The number of carbonyl (C=O) groups is 1. The maximum Gasteiger partial charge on any atom is 0.322 e. The van der Waals surface area contributed by atoms with Crippen molar-refractivity contribution in [2.45, 2.75) is 19.5 Å². The number of hydrogen-bond acceptors (Lipinski definition) is 3. The molecule has 1 saturated heterocycles. The van der Waals surface area contributed by atoms with Gasteiger partial charge in [0.2, 0.25) is 0 Å². The van der Waals surface area contributed by atoms with Gasteiger partial charge in [0.1, 0.15) is 0 Å². The fraction of sp³-hybridized carbons (Fsp3) is 0.412. The number of piperazine rings is 1. The number of nitrogens with one attached hydrogen (secondary N) is 1. The molecule has 23 heavy (non-hydrogen) atoms. The molecule has 0 unspecified atom stereocenters. The van der Waals surface area contributed by atoms with Gasteiger partial charge in [0.15, 0.2) is 0 Å². The Bertz CT molecular complexity index is 654. The van der Waals surface area contributed by atoms with Gasteiger partial charge in [0.05, 0.1) is 11.9 Å². The number of carbonyl (C=O) groups excluding carboxylic acids is 1. The van der Waals surface area contributed by atoms with Gasteiger partial charge in [-0.2, -0.15) is 5.10 Å². The van der Waals surface area contributed by atoms with Gasteiger partial charge in [-0.05, 0) is 12.5 Å². The standard InChI is InChI=1S/C17H23N5O/c1-14-11-21(12-15-6-4-3-5-7-15)8-9-22(14)17(23)19-16-10-18-20(2)13-16/h3-7,10,13-14H,8-9,11-12H2,1-2H3,(H,19,23)/t14-/m1/s1. The van der Waals surface area contributed by atoms with Crippen LogP contribution in [0.2, 0.25) is 0 Å². The van der Waals surface area contributed by atoms with Gasteiger partial charge >= 0.3 is 6.03 Å². The fourth-order valence-corrected chi connectivity index (χ4v) is 3.00. The minimum absolute atomic E-state index is 0.0511. The third-order valence-corrected chi connectivity index (χ3v) is 4.18. The molecule has 2 amide bonds. The SMILES string of the molecule is C[C@@H]1CN(Cc2ccccc2)CCN1C(=O)Nc1cnn(C)c1. The molecular weight excluding hydrogens is 290 g/mol. The zero-order valence-electron chi connectivity index (χ0n) is 13.6. The van der Waals surface area contributed by atoms with Crippen molar-refractivity contribution in [2.75, 3.05) is 25.0 Å². The van der Waals surface area contributed by atoms with Gasteiger partial charge in [0.25, 0.3) is 0 Å². The molecule has 6 nitrogen and oxygen atoms in total. The second-order valence-corrected chi connectivity index (χ2v) is 6.10. The van der Waals surface area contributed by atoms with Crippen molar-refractivity contribution in [1.82, 2.24) is 19.6 Å². The van der Waals surface area contributed by atoms with Crippen LogP contribution in [0, 0.1) is 0 Å². The lowest BCUT2D eigenvalue weighted by Crippen LogP contribution is -2.54. The van der Waals surface area contributed by atoms with E-state index in [9.17, 15) is 4.79 Å². The normalized spacial score (nSPS) is 18.9. The molecule has 122 valence electrons. The van der Waals surface area contributed by atoms with Crippen LogP contribution in [0.4, 0.5) is 10.5 Å². The second kappa shape index (κ2) is 6.83. The molecule has 1 aromatic heterocycles. The molecule has 1 aliphatic rings. The van der Waals surface area contributed by atoms with Crippen LogP contribution in [0.25, 0.3) is 0 Å². The highest BCUT2D eigenvalue weighted by atomic mass is 16.2. The number of aryl methyl sites for hydroxylation is 1. The van der Waals surface area contributed by atoms with Crippen molar-refractivity contribution in [1.29, 1.82) is 0 Å². The molecule has 0 bridgehead atoms. The topological polar surface area (TPSA) is 53.4 Å². The van der Waals surface area contributed by atoms with E-state index in [0.717, 1.165) is 31.9 Å². The van der Waals surface area contributed by atoms with E-state index in [1.165, 1.54) is 5.56 Å². The Balaban J connectivity index is 1.54. The zero-order valence-corrected chi connectivity index (χ0v) is 13.6. The van der Waals surface area contributed by atoms with Gasteiger partial charge in [0, 0.05) is 45.5 Å². The first-order chi connectivity index (χ1) is 11.1.